The number of nitrogens with zero attached hydrogens (tertiary/aromatic N) is 3. The fourth-order valence-corrected chi connectivity index (χ4v) is 3.66. The number of hydrogen-bond acceptors (Lipinski definition) is 4. The molecule has 118 valence electrons. The Hall–Kier alpha value is -1.04. The minimum Gasteiger partial charge on any atom is -0.352 e. The molecule has 1 aromatic rings. The molecule has 6 heteroatoms. The fraction of sp³-hybridized carbons (Fsp3) is 0.800. The maximum absolute atomic E-state index is 12.4. The standard InChI is InChI=1S/C15H26N4OS/c1-9-7-6-8-13(10(9)2)16-14(20)11(3)21-15-18-17-12(4)19(15)5/h9-11,13H,6-8H2,1-5H3,(H,16,20)/t9-,10-,11-,13-/m0/s1. The van der Waals surface area contributed by atoms with Crippen LogP contribution in [0.2, 0.25) is 0 Å². The molecule has 21 heavy (non-hydrogen) atoms. The first-order valence-corrected chi connectivity index (χ1v) is 8.61. The molecule has 1 fully saturated rings. The van der Waals surface area contributed by atoms with Gasteiger partial charge >= 0.3 is 0 Å². The molecular weight excluding hydrogens is 284 g/mol. The highest BCUT2D eigenvalue weighted by molar-refractivity contribution is 8.00. The van der Waals surface area contributed by atoms with Crippen LogP contribution in [0.25, 0.3) is 0 Å². The maximum Gasteiger partial charge on any atom is 0.233 e. The normalized spacial score (nSPS) is 27.4. The van der Waals surface area contributed by atoms with Gasteiger partial charge in [-0.1, -0.05) is 38.5 Å². The first-order valence-electron chi connectivity index (χ1n) is 7.73. The average Bonchev–Trinajstić information content (AvgIpc) is 2.75. The van der Waals surface area contributed by atoms with E-state index in [-0.39, 0.29) is 11.2 Å². The van der Waals surface area contributed by atoms with Gasteiger partial charge < -0.3 is 9.88 Å². The first-order chi connectivity index (χ1) is 9.90. The minimum atomic E-state index is -0.156. The lowest BCUT2D eigenvalue weighted by Crippen LogP contribution is -2.46. The number of amides is 1. The summed E-state index contributed by atoms with van der Waals surface area (Å²) in [7, 11) is 1.92. The molecule has 1 aliphatic carbocycles. The number of rotatable bonds is 4. The van der Waals surface area contributed by atoms with E-state index in [1.165, 1.54) is 24.6 Å². The maximum atomic E-state index is 12.4. The van der Waals surface area contributed by atoms with Gasteiger partial charge in [0.15, 0.2) is 5.16 Å². The molecule has 4 atom stereocenters. The van der Waals surface area contributed by atoms with E-state index in [4.69, 9.17) is 0 Å². The summed E-state index contributed by atoms with van der Waals surface area (Å²) in [6.45, 7) is 8.37. The highest BCUT2D eigenvalue weighted by Gasteiger charge is 2.29. The van der Waals surface area contributed by atoms with E-state index in [1.54, 1.807) is 0 Å². The van der Waals surface area contributed by atoms with E-state index in [0.29, 0.717) is 17.9 Å². The summed E-state index contributed by atoms with van der Waals surface area (Å²) in [4.78, 5) is 12.4. The Kier molecular flexibility index (Phi) is 5.30. The molecule has 2 rings (SSSR count). The van der Waals surface area contributed by atoms with E-state index < -0.39 is 0 Å². The largest absolute Gasteiger partial charge is 0.352 e. The second-order valence-electron chi connectivity index (χ2n) is 6.23. The predicted octanol–water partition coefficient (Wildman–Crippen LogP) is 2.55. The molecule has 0 aromatic carbocycles. The van der Waals surface area contributed by atoms with E-state index in [0.717, 1.165) is 17.4 Å². The lowest BCUT2D eigenvalue weighted by atomic mass is 9.78. The van der Waals surface area contributed by atoms with Crippen molar-refractivity contribution >= 4 is 17.7 Å². The summed E-state index contributed by atoms with van der Waals surface area (Å²) in [6.07, 6.45) is 3.58. The highest BCUT2D eigenvalue weighted by Crippen LogP contribution is 2.30. The number of aromatic nitrogens is 3. The molecule has 0 unspecified atom stereocenters. The zero-order valence-electron chi connectivity index (χ0n) is 13.6. The Balaban J connectivity index is 1.92. The summed E-state index contributed by atoms with van der Waals surface area (Å²) in [5.41, 5.74) is 0. The Morgan fingerprint density at radius 3 is 2.71 bits per heavy atom. The van der Waals surface area contributed by atoms with Crippen molar-refractivity contribution in [3.8, 4) is 0 Å². The molecule has 0 radical (unpaired) electrons. The third-order valence-corrected chi connectivity index (χ3v) is 5.87. The van der Waals surface area contributed by atoms with Gasteiger partial charge in [0.05, 0.1) is 5.25 Å². The lowest BCUT2D eigenvalue weighted by molar-refractivity contribution is -0.121. The minimum absolute atomic E-state index is 0.103. The van der Waals surface area contributed by atoms with Crippen LogP contribution in [0.1, 0.15) is 45.9 Å². The summed E-state index contributed by atoms with van der Waals surface area (Å²) < 4.78 is 1.92. The lowest BCUT2D eigenvalue weighted by Gasteiger charge is -2.35. The van der Waals surface area contributed by atoms with Crippen LogP contribution < -0.4 is 5.32 Å². The van der Waals surface area contributed by atoms with Crippen molar-refractivity contribution in [3.63, 3.8) is 0 Å². The predicted molar refractivity (Wildman–Crippen MR) is 85.2 cm³/mol. The average molecular weight is 310 g/mol. The van der Waals surface area contributed by atoms with E-state index in [9.17, 15) is 4.79 Å². The zero-order valence-corrected chi connectivity index (χ0v) is 14.4. The quantitative estimate of drug-likeness (QED) is 0.868. The van der Waals surface area contributed by atoms with E-state index in [1.807, 2.05) is 25.5 Å². The van der Waals surface area contributed by atoms with Crippen molar-refractivity contribution < 1.29 is 4.79 Å². The van der Waals surface area contributed by atoms with Gasteiger partial charge in [-0.3, -0.25) is 4.79 Å². The van der Waals surface area contributed by atoms with Crippen molar-refractivity contribution in [2.45, 2.75) is 63.4 Å². The van der Waals surface area contributed by atoms with Crippen LogP contribution in [0.4, 0.5) is 0 Å². The molecule has 1 amide bonds. The van der Waals surface area contributed by atoms with Crippen molar-refractivity contribution in [3.05, 3.63) is 5.82 Å². The topological polar surface area (TPSA) is 59.8 Å². The molecule has 1 N–H and O–H groups in total. The fourth-order valence-electron chi connectivity index (χ4n) is 2.79. The van der Waals surface area contributed by atoms with Gasteiger partial charge in [-0.15, -0.1) is 10.2 Å². The SMILES string of the molecule is Cc1nnc(S[C@@H](C)C(=O)N[C@H]2CCC[C@H](C)[C@@H]2C)n1C. The molecule has 1 saturated carbocycles. The Morgan fingerprint density at radius 1 is 1.38 bits per heavy atom. The summed E-state index contributed by atoms with van der Waals surface area (Å²) >= 11 is 1.47. The van der Waals surface area contributed by atoms with Gasteiger partial charge in [0.2, 0.25) is 5.91 Å². The second-order valence-corrected chi connectivity index (χ2v) is 7.54. The summed E-state index contributed by atoms with van der Waals surface area (Å²) in [5.74, 6) is 2.21. The molecule has 1 aromatic heterocycles. The number of aryl methyl sites for hydroxylation is 1. The molecule has 0 aliphatic heterocycles. The van der Waals surface area contributed by atoms with Crippen LogP contribution >= 0.6 is 11.8 Å². The van der Waals surface area contributed by atoms with Gasteiger partial charge in [-0.25, -0.2) is 0 Å². The van der Waals surface area contributed by atoms with Crippen molar-refractivity contribution in [1.82, 2.24) is 20.1 Å². The summed E-state index contributed by atoms with van der Waals surface area (Å²) in [5, 5.41) is 12.0. The number of carbonyl (C=O) groups is 1. The Bertz CT molecular complexity index is 502. The van der Waals surface area contributed by atoms with Crippen molar-refractivity contribution in [1.29, 1.82) is 0 Å². The molecule has 5 nitrogen and oxygen atoms in total. The smallest absolute Gasteiger partial charge is 0.233 e. The Labute approximate surface area is 131 Å². The molecular formula is C15H26N4OS. The van der Waals surface area contributed by atoms with Gasteiger partial charge in [0.1, 0.15) is 5.82 Å². The molecule has 1 heterocycles. The van der Waals surface area contributed by atoms with Crippen LogP contribution in [0, 0.1) is 18.8 Å². The highest BCUT2D eigenvalue weighted by atomic mass is 32.2. The van der Waals surface area contributed by atoms with Crippen LogP contribution in [0.5, 0.6) is 0 Å². The van der Waals surface area contributed by atoms with Crippen LogP contribution in [0.3, 0.4) is 0 Å². The van der Waals surface area contributed by atoms with Crippen LogP contribution in [-0.4, -0.2) is 32.0 Å². The van der Waals surface area contributed by atoms with Gasteiger partial charge in [0, 0.05) is 13.1 Å². The van der Waals surface area contributed by atoms with Gasteiger partial charge in [-0.2, -0.15) is 0 Å². The van der Waals surface area contributed by atoms with E-state index >= 15 is 0 Å². The third kappa shape index (κ3) is 3.78. The van der Waals surface area contributed by atoms with E-state index in [2.05, 4.69) is 29.4 Å². The first kappa shape index (κ1) is 16.3. The number of nitrogens with one attached hydrogen (secondary N) is 1. The zero-order chi connectivity index (χ0) is 15.6. The number of carbonyl (C=O) groups excluding carboxylic acids is 1. The van der Waals surface area contributed by atoms with Crippen LogP contribution in [0.15, 0.2) is 5.16 Å². The summed E-state index contributed by atoms with van der Waals surface area (Å²) in [6, 6.07) is 0.311. The number of hydrogen-bond donors (Lipinski definition) is 1. The monoisotopic (exact) mass is 310 g/mol. The number of thioether (sulfide) groups is 1. The van der Waals surface area contributed by atoms with Gasteiger partial charge in [-0.05, 0) is 32.1 Å². The molecule has 1 aliphatic rings. The van der Waals surface area contributed by atoms with Gasteiger partial charge in [0.25, 0.3) is 0 Å². The van der Waals surface area contributed by atoms with Crippen molar-refractivity contribution in [2.24, 2.45) is 18.9 Å². The third-order valence-electron chi connectivity index (χ3n) is 4.74. The molecule has 0 bridgehead atoms. The molecule has 0 spiro atoms. The second kappa shape index (κ2) is 6.81. The Morgan fingerprint density at radius 2 is 2.10 bits per heavy atom. The molecule has 0 saturated heterocycles. The van der Waals surface area contributed by atoms with Crippen LogP contribution in [-0.2, 0) is 11.8 Å². The van der Waals surface area contributed by atoms with Crippen molar-refractivity contribution in [2.75, 3.05) is 0 Å².